The topological polar surface area (TPSA) is 55.0 Å². The highest BCUT2D eigenvalue weighted by atomic mass is 32.2. The molecule has 1 fully saturated rings. The van der Waals surface area contributed by atoms with E-state index in [1.165, 1.54) is 12.8 Å². The van der Waals surface area contributed by atoms with Crippen molar-refractivity contribution in [3.05, 3.63) is 18.1 Å². The van der Waals surface area contributed by atoms with Gasteiger partial charge in [-0.1, -0.05) is 12.2 Å². The first kappa shape index (κ1) is 12.6. The summed E-state index contributed by atoms with van der Waals surface area (Å²) in [7, 11) is 0. The Bertz CT molecular complexity index is 402. The van der Waals surface area contributed by atoms with Crippen molar-refractivity contribution in [2.45, 2.75) is 18.1 Å². The van der Waals surface area contributed by atoms with Gasteiger partial charge in [0, 0.05) is 30.7 Å². The molecule has 2 heterocycles. The van der Waals surface area contributed by atoms with Crippen molar-refractivity contribution in [3.63, 3.8) is 0 Å². The van der Waals surface area contributed by atoms with E-state index in [2.05, 4.69) is 21.1 Å². The predicted molar refractivity (Wildman–Crippen MR) is 76.7 cm³/mol. The molecule has 0 amide bonds. The maximum Gasteiger partial charge on any atom is 0.157 e. The Labute approximate surface area is 111 Å². The first-order valence-corrected chi connectivity index (χ1v) is 7.30. The van der Waals surface area contributed by atoms with Gasteiger partial charge in [-0.15, -0.1) is 0 Å². The van der Waals surface area contributed by atoms with E-state index in [-0.39, 0.29) is 0 Å². The normalized spacial score (nSPS) is 17.1. The molecule has 0 bridgehead atoms. The molecule has 17 heavy (non-hydrogen) atoms. The summed E-state index contributed by atoms with van der Waals surface area (Å²) in [5.74, 6) is 0.833. The lowest BCUT2D eigenvalue weighted by atomic mass is 10.1. The van der Waals surface area contributed by atoms with Crippen LogP contribution in [0.5, 0.6) is 0 Å². The number of rotatable bonds is 3. The Morgan fingerprint density at radius 3 is 2.65 bits per heavy atom. The highest BCUT2D eigenvalue weighted by Crippen LogP contribution is 2.25. The number of nitrogens with two attached hydrogens (primary N) is 1. The molecule has 0 unspecified atom stereocenters. The number of hydrogen-bond donors (Lipinski definition) is 1. The van der Waals surface area contributed by atoms with Crippen LogP contribution in [0.4, 0.5) is 5.82 Å². The number of piperidine rings is 1. The van der Waals surface area contributed by atoms with Crippen LogP contribution in [0.2, 0.25) is 0 Å². The lowest BCUT2D eigenvalue weighted by molar-refractivity contribution is 0.586. The number of hydrogen-bond acceptors (Lipinski definition) is 5. The average molecular weight is 268 g/mol. The number of anilines is 1. The van der Waals surface area contributed by atoms with Gasteiger partial charge in [0.2, 0.25) is 0 Å². The van der Waals surface area contributed by atoms with Crippen molar-refractivity contribution in [3.8, 4) is 0 Å². The van der Waals surface area contributed by atoms with Gasteiger partial charge >= 0.3 is 0 Å². The van der Waals surface area contributed by atoms with Crippen LogP contribution in [-0.4, -0.2) is 39.6 Å². The van der Waals surface area contributed by atoms with Crippen molar-refractivity contribution in [2.24, 2.45) is 5.73 Å². The molecule has 1 aromatic rings. The molecule has 0 aromatic carbocycles. The maximum atomic E-state index is 5.67. The largest absolute Gasteiger partial charge is 0.388 e. The van der Waals surface area contributed by atoms with E-state index in [4.69, 9.17) is 18.0 Å². The lowest BCUT2D eigenvalue weighted by Crippen LogP contribution is -2.36. The van der Waals surface area contributed by atoms with E-state index in [1.54, 1.807) is 12.4 Å². The number of nitrogens with zero attached hydrogens (tertiary/aromatic N) is 3. The molecule has 0 aliphatic carbocycles. The number of aromatic nitrogens is 2. The van der Waals surface area contributed by atoms with Crippen LogP contribution in [0.15, 0.2) is 12.4 Å². The van der Waals surface area contributed by atoms with E-state index in [1.807, 2.05) is 11.8 Å². The summed E-state index contributed by atoms with van der Waals surface area (Å²) in [6, 6.07) is 0. The van der Waals surface area contributed by atoms with Crippen LogP contribution in [0.3, 0.4) is 0 Å². The zero-order valence-electron chi connectivity index (χ0n) is 9.80. The van der Waals surface area contributed by atoms with Crippen LogP contribution in [0.25, 0.3) is 0 Å². The fourth-order valence-electron chi connectivity index (χ4n) is 2.04. The molecule has 6 heteroatoms. The lowest BCUT2D eigenvalue weighted by Gasteiger charge is -2.32. The van der Waals surface area contributed by atoms with Crippen LogP contribution in [-0.2, 0) is 0 Å². The zero-order chi connectivity index (χ0) is 12.3. The van der Waals surface area contributed by atoms with Crippen molar-refractivity contribution in [1.82, 2.24) is 9.97 Å². The molecule has 1 aliphatic heterocycles. The third kappa shape index (κ3) is 2.87. The van der Waals surface area contributed by atoms with Gasteiger partial charge in [0.05, 0.1) is 0 Å². The third-order valence-corrected chi connectivity index (χ3v) is 4.32. The van der Waals surface area contributed by atoms with Crippen molar-refractivity contribution < 1.29 is 0 Å². The fourth-order valence-corrected chi connectivity index (χ4v) is 2.87. The van der Waals surface area contributed by atoms with Gasteiger partial charge in [0.25, 0.3) is 0 Å². The van der Waals surface area contributed by atoms with E-state index < -0.39 is 0 Å². The molecule has 0 radical (unpaired) electrons. The van der Waals surface area contributed by atoms with Gasteiger partial charge in [-0.2, -0.15) is 11.8 Å². The van der Waals surface area contributed by atoms with Crippen molar-refractivity contribution in [2.75, 3.05) is 24.2 Å². The number of thiocarbonyl (C=S) groups is 1. The summed E-state index contributed by atoms with van der Waals surface area (Å²) in [4.78, 5) is 11.1. The van der Waals surface area contributed by atoms with Crippen LogP contribution in [0, 0.1) is 0 Å². The molecule has 92 valence electrons. The monoisotopic (exact) mass is 268 g/mol. The number of thioether (sulfide) groups is 1. The highest BCUT2D eigenvalue weighted by molar-refractivity contribution is 7.99. The minimum atomic E-state index is 0.320. The second-order valence-electron chi connectivity index (χ2n) is 4.01. The molecule has 1 saturated heterocycles. The second-order valence-corrected chi connectivity index (χ2v) is 5.59. The van der Waals surface area contributed by atoms with E-state index in [9.17, 15) is 0 Å². The maximum absolute atomic E-state index is 5.67. The Balaban J connectivity index is 2.15. The summed E-state index contributed by atoms with van der Waals surface area (Å²) in [5, 5.41) is 0.760. The Morgan fingerprint density at radius 2 is 2.06 bits per heavy atom. The standard InChI is InChI=1S/C11H16N4S2/c1-17-8-2-6-15(7-3-8)11-9(10(12)16)13-4-5-14-11/h4-5,8H,2-3,6-7H2,1H3,(H2,12,16). The van der Waals surface area contributed by atoms with Crippen molar-refractivity contribution in [1.29, 1.82) is 0 Å². The minimum Gasteiger partial charge on any atom is -0.388 e. The van der Waals surface area contributed by atoms with Crippen LogP contribution >= 0.6 is 24.0 Å². The van der Waals surface area contributed by atoms with E-state index in [0.29, 0.717) is 10.7 Å². The molecule has 4 nitrogen and oxygen atoms in total. The van der Waals surface area contributed by atoms with Crippen LogP contribution < -0.4 is 10.6 Å². The molecule has 2 N–H and O–H groups in total. The Kier molecular flexibility index (Phi) is 4.17. The summed E-state index contributed by atoms with van der Waals surface area (Å²) < 4.78 is 0. The summed E-state index contributed by atoms with van der Waals surface area (Å²) in [6.45, 7) is 2.00. The van der Waals surface area contributed by atoms with Gasteiger partial charge < -0.3 is 10.6 Å². The molecular formula is C11H16N4S2. The van der Waals surface area contributed by atoms with Gasteiger partial charge in [-0.3, -0.25) is 0 Å². The SMILES string of the molecule is CSC1CCN(c2nccnc2C(N)=S)CC1. The van der Waals surface area contributed by atoms with Gasteiger partial charge in [0.15, 0.2) is 5.82 Å². The first-order chi connectivity index (χ1) is 8.22. The fraction of sp³-hybridized carbons (Fsp3) is 0.545. The van der Waals surface area contributed by atoms with Gasteiger partial charge in [-0.05, 0) is 19.1 Å². The second kappa shape index (κ2) is 5.64. The summed E-state index contributed by atoms with van der Waals surface area (Å²) in [5.41, 5.74) is 6.32. The molecule has 0 saturated carbocycles. The van der Waals surface area contributed by atoms with Gasteiger partial charge in [0.1, 0.15) is 10.7 Å². The average Bonchev–Trinajstić information content (AvgIpc) is 2.39. The predicted octanol–water partition coefficient (Wildman–Crippen LogP) is 1.44. The zero-order valence-corrected chi connectivity index (χ0v) is 11.4. The molecule has 1 aliphatic rings. The molecule has 1 aromatic heterocycles. The first-order valence-electron chi connectivity index (χ1n) is 5.61. The summed E-state index contributed by atoms with van der Waals surface area (Å²) in [6.07, 6.45) is 7.84. The smallest absolute Gasteiger partial charge is 0.157 e. The Morgan fingerprint density at radius 1 is 1.41 bits per heavy atom. The summed E-state index contributed by atoms with van der Waals surface area (Å²) >= 11 is 6.95. The molecule has 2 rings (SSSR count). The van der Waals surface area contributed by atoms with E-state index in [0.717, 1.165) is 24.2 Å². The van der Waals surface area contributed by atoms with Crippen LogP contribution in [0.1, 0.15) is 18.5 Å². The minimum absolute atomic E-state index is 0.320. The quantitative estimate of drug-likeness (QED) is 0.837. The highest BCUT2D eigenvalue weighted by Gasteiger charge is 2.22. The molecular weight excluding hydrogens is 252 g/mol. The molecule has 0 atom stereocenters. The molecule has 0 spiro atoms. The Hall–Kier alpha value is -0.880. The van der Waals surface area contributed by atoms with E-state index >= 15 is 0 Å². The van der Waals surface area contributed by atoms with Gasteiger partial charge in [-0.25, -0.2) is 9.97 Å². The van der Waals surface area contributed by atoms with Crippen molar-refractivity contribution >= 4 is 34.8 Å². The third-order valence-electron chi connectivity index (χ3n) is 2.99.